The molecule has 0 fully saturated rings. The molecule has 0 aliphatic carbocycles. The Morgan fingerprint density at radius 3 is 2.58 bits per heavy atom. The summed E-state index contributed by atoms with van der Waals surface area (Å²) in [5.74, 6) is -0.175. The molecule has 0 radical (unpaired) electrons. The Kier molecular flexibility index (Phi) is 6.01. The van der Waals surface area contributed by atoms with Crippen molar-refractivity contribution in [2.45, 2.75) is 46.1 Å². The van der Waals surface area contributed by atoms with E-state index < -0.39 is 0 Å². The molecule has 19 heavy (non-hydrogen) atoms. The van der Waals surface area contributed by atoms with E-state index in [0.29, 0.717) is 6.42 Å². The van der Waals surface area contributed by atoms with Crippen LogP contribution in [-0.4, -0.2) is 13.1 Å². The first-order valence-corrected chi connectivity index (χ1v) is 7.26. The van der Waals surface area contributed by atoms with Gasteiger partial charge in [-0.3, -0.25) is 4.79 Å². The quantitative estimate of drug-likeness (QED) is 0.838. The second-order valence-electron chi connectivity index (χ2n) is 4.94. The molecular weight excluding hydrogens is 306 g/mol. The summed E-state index contributed by atoms with van der Waals surface area (Å²) in [7, 11) is 1.41. The third kappa shape index (κ3) is 4.05. The standard InChI is InChI=1S/C15H22BrNO2/c1-9-8-10(2)15(16)11(3)14(9)12(17)6-5-7-13(18)19-4/h8,12H,5-7,17H2,1-4H3. The molecule has 0 saturated heterocycles. The number of carbonyl (C=O) groups excluding carboxylic acids is 1. The van der Waals surface area contributed by atoms with E-state index in [2.05, 4.69) is 47.5 Å². The Hall–Kier alpha value is -0.870. The number of nitrogens with two attached hydrogens (primary N) is 1. The van der Waals surface area contributed by atoms with Crippen LogP contribution in [0.3, 0.4) is 0 Å². The molecule has 0 saturated carbocycles. The predicted octanol–water partition coefficient (Wildman–Crippen LogP) is 3.72. The lowest BCUT2D eigenvalue weighted by Crippen LogP contribution is -2.15. The summed E-state index contributed by atoms with van der Waals surface area (Å²) in [5.41, 5.74) is 11.1. The molecule has 4 heteroatoms. The normalized spacial score (nSPS) is 12.3. The van der Waals surface area contributed by atoms with Crippen molar-refractivity contribution in [2.24, 2.45) is 5.73 Å². The zero-order chi connectivity index (χ0) is 14.6. The maximum atomic E-state index is 11.1. The van der Waals surface area contributed by atoms with Crippen LogP contribution in [0.1, 0.15) is 47.6 Å². The van der Waals surface area contributed by atoms with E-state index in [9.17, 15) is 4.79 Å². The molecule has 106 valence electrons. The fraction of sp³-hybridized carbons (Fsp3) is 0.533. The van der Waals surface area contributed by atoms with Gasteiger partial charge in [-0.25, -0.2) is 0 Å². The Balaban J connectivity index is 2.80. The predicted molar refractivity (Wildman–Crippen MR) is 81.1 cm³/mol. The van der Waals surface area contributed by atoms with Gasteiger partial charge in [0.05, 0.1) is 7.11 Å². The van der Waals surface area contributed by atoms with Crippen LogP contribution in [0.15, 0.2) is 10.5 Å². The van der Waals surface area contributed by atoms with E-state index in [1.54, 1.807) is 0 Å². The van der Waals surface area contributed by atoms with Gasteiger partial charge in [-0.15, -0.1) is 0 Å². The average Bonchev–Trinajstić information content (AvgIpc) is 2.35. The third-order valence-corrected chi connectivity index (χ3v) is 4.65. The molecule has 3 nitrogen and oxygen atoms in total. The van der Waals surface area contributed by atoms with Crippen molar-refractivity contribution in [1.82, 2.24) is 0 Å². The van der Waals surface area contributed by atoms with E-state index in [4.69, 9.17) is 5.73 Å². The van der Waals surface area contributed by atoms with Crippen molar-refractivity contribution in [3.05, 3.63) is 32.8 Å². The molecule has 0 aromatic heterocycles. The molecule has 0 aliphatic rings. The number of benzene rings is 1. The van der Waals surface area contributed by atoms with Crippen LogP contribution in [0, 0.1) is 20.8 Å². The number of methoxy groups -OCH3 is 1. The molecule has 0 amide bonds. The third-order valence-electron chi connectivity index (χ3n) is 3.43. The molecule has 1 rings (SSSR count). The van der Waals surface area contributed by atoms with Gasteiger partial charge in [-0.05, 0) is 55.9 Å². The fourth-order valence-electron chi connectivity index (χ4n) is 2.46. The Morgan fingerprint density at radius 2 is 2.00 bits per heavy atom. The van der Waals surface area contributed by atoms with Crippen molar-refractivity contribution in [1.29, 1.82) is 0 Å². The lowest BCUT2D eigenvalue weighted by molar-refractivity contribution is -0.140. The second-order valence-corrected chi connectivity index (χ2v) is 5.73. The van der Waals surface area contributed by atoms with Crippen LogP contribution in [0.25, 0.3) is 0 Å². The van der Waals surface area contributed by atoms with Crippen LogP contribution in [0.2, 0.25) is 0 Å². The number of hydrogen-bond donors (Lipinski definition) is 1. The van der Waals surface area contributed by atoms with E-state index >= 15 is 0 Å². The largest absolute Gasteiger partial charge is 0.469 e. The molecule has 0 spiro atoms. The molecule has 1 aromatic rings. The van der Waals surface area contributed by atoms with Crippen LogP contribution < -0.4 is 5.73 Å². The van der Waals surface area contributed by atoms with Crippen molar-refractivity contribution in [3.63, 3.8) is 0 Å². The zero-order valence-electron chi connectivity index (χ0n) is 12.0. The van der Waals surface area contributed by atoms with E-state index in [1.807, 2.05) is 0 Å². The van der Waals surface area contributed by atoms with E-state index in [0.717, 1.165) is 17.3 Å². The maximum Gasteiger partial charge on any atom is 0.305 e. The molecule has 0 bridgehead atoms. The zero-order valence-corrected chi connectivity index (χ0v) is 13.6. The number of rotatable bonds is 5. The van der Waals surface area contributed by atoms with Crippen molar-refractivity contribution in [2.75, 3.05) is 7.11 Å². The van der Waals surface area contributed by atoms with Gasteiger partial charge in [0.2, 0.25) is 0 Å². The number of carbonyl (C=O) groups is 1. The van der Waals surface area contributed by atoms with E-state index in [-0.39, 0.29) is 12.0 Å². The molecular formula is C15H22BrNO2. The smallest absolute Gasteiger partial charge is 0.305 e. The van der Waals surface area contributed by atoms with Crippen molar-refractivity contribution < 1.29 is 9.53 Å². The van der Waals surface area contributed by atoms with Crippen molar-refractivity contribution >= 4 is 21.9 Å². The second kappa shape index (κ2) is 7.06. The van der Waals surface area contributed by atoms with Crippen LogP contribution in [0.5, 0.6) is 0 Å². The summed E-state index contributed by atoms with van der Waals surface area (Å²) in [6, 6.07) is 2.11. The van der Waals surface area contributed by atoms with Crippen LogP contribution in [-0.2, 0) is 9.53 Å². The molecule has 0 heterocycles. The van der Waals surface area contributed by atoms with Gasteiger partial charge in [0, 0.05) is 16.9 Å². The van der Waals surface area contributed by atoms with Gasteiger partial charge < -0.3 is 10.5 Å². The monoisotopic (exact) mass is 327 g/mol. The SMILES string of the molecule is COC(=O)CCCC(N)c1c(C)cc(C)c(Br)c1C. The van der Waals surface area contributed by atoms with Gasteiger partial charge in [-0.1, -0.05) is 22.0 Å². The highest BCUT2D eigenvalue weighted by atomic mass is 79.9. The molecule has 1 unspecified atom stereocenters. The summed E-state index contributed by atoms with van der Waals surface area (Å²) in [6.45, 7) is 6.25. The Bertz CT molecular complexity index is 472. The number of hydrogen-bond acceptors (Lipinski definition) is 3. The summed E-state index contributed by atoms with van der Waals surface area (Å²) in [6.07, 6.45) is 1.96. The minimum absolute atomic E-state index is 0.0402. The van der Waals surface area contributed by atoms with Gasteiger partial charge in [0.25, 0.3) is 0 Å². The minimum Gasteiger partial charge on any atom is -0.469 e. The first kappa shape index (κ1) is 16.2. The molecule has 1 atom stereocenters. The summed E-state index contributed by atoms with van der Waals surface area (Å²) in [4.78, 5) is 11.1. The van der Waals surface area contributed by atoms with Crippen LogP contribution >= 0.6 is 15.9 Å². The maximum absolute atomic E-state index is 11.1. The Morgan fingerprint density at radius 1 is 1.37 bits per heavy atom. The van der Waals surface area contributed by atoms with Gasteiger partial charge >= 0.3 is 5.97 Å². The topological polar surface area (TPSA) is 52.3 Å². The number of ether oxygens (including phenoxy) is 1. The van der Waals surface area contributed by atoms with Gasteiger partial charge in [-0.2, -0.15) is 0 Å². The summed E-state index contributed by atoms with van der Waals surface area (Å²) in [5, 5.41) is 0. The highest BCUT2D eigenvalue weighted by molar-refractivity contribution is 9.10. The highest BCUT2D eigenvalue weighted by Gasteiger charge is 2.16. The number of esters is 1. The first-order valence-electron chi connectivity index (χ1n) is 6.47. The minimum atomic E-state index is -0.175. The fourth-order valence-corrected chi connectivity index (χ4v) is 2.79. The van der Waals surface area contributed by atoms with Gasteiger partial charge in [0.15, 0.2) is 0 Å². The first-order chi connectivity index (χ1) is 8.88. The summed E-state index contributed by atoms with van der Waals surface area (Å²) >= 11 is 3.61. The lowest BCUT2D eigenvalue weighted by Gasteiger charge is -2.20. The highest BCUT2D eigenvalue weighted by Crippen LogP contribution is 2.31. The van der Waals surface area contributed by atoms with Crippen LogP contribution in [0.4, 0.5) is 0 Å². The average molecular weight is 328 g/mol. The van der Waals surface area contributed by atoms with E-state index in [1.165, 1.54) is 29.4 Å². The lowest BCUT2D eigenvalue weighted by atomic mass is 9.92. The summed E-state index contributed by atoms with van der Waals surface area (Å²) < 4.78 is 5.75. The molecule has 1 aromatic carbocycles. The molecule has 2 N–H and O–H groups in total. The molecule has 0 aliphatic heterocycles. The number of halogens is 1. The Labute approximate surface area is 123 Å². The van der Waals surface area contributed by atoms with Crippen molar-refractivity contribution in [3.8, 4) is 0 Å². The number of aryl methyl sites for hydroxylation is 2. The van der Waals surface area contributed by atoms with Gasteiger partial charge in [0.1, 0.15) is 0 Å².